The first-order chi connectivity index (χ1) is 7.66. The van der Waals surface area contributed by atoms with Gasteiger partial charge in [-0.25, -0.2) is 9.67 Å². The van der Waals surface area contributed by atoms with E-state index in [1.54, 1.807) is 6.33 Å². The largest absolute Gasteiger partial charge is 0.296 e. The van der Waals surface area contributed by atoms with Gasteiger partial charge in [0, 0.05) is 24.5 Å². The number of rotatable bonds is 3. The number of hydrogen-bond acceptors (Lipinski definition) is 3. The monoisotopic (exact) mass is 242 g/mol. The van der Waals surface area contributed by atoms with E-state index in [-0.39, 0.29) is 0 Å². The van der Waals surface area contributed by atoms with Gasteiger partial charge in [-0.05, 0) is 26.7 Å². The second-order valence-corrected chi connectivity index (χ2v) is 5.28. The van der Waals surface area contributed by atoms with E-state index in [0.29, 0.717) is 11.4 Å². The average molecular weight is 243 g/mol. The van der Waals surface area contributed by atoms with Crippen LogP contribution in [0.4, 0.5) is 0 Å². The Hall–Kier alpha value is -0.610. The van der Waals surface area contributed by atoms with Gasteiger partial charge in [-0.15, -0.1) is 11.6 Å². The molecule has 1 aliphatic rings. The van der Waals surface area contributed by atoms with Crippen LogP contribution in [0.15, 0.2) is 6.33 Å². The molecule has 0 amide bonds. The molecule has 1 aliphatic heterocycles. The Morgan fingerprint density at radius 2 is 2.12 bits per heavy atom. The molecule has 1 aromatic heterocycles. The fraction of sp³-hybridized carbons (Fsp3) is 0.818. The summed E-state index contributed by atoms with van der Waals surface area (Å²) < 4.78 is 1.99. The zero-order valence-corrected chi connectivity index (χ0v) is 10.7. The van der Waals surface area contributed by atoms with Crippen LogP contribution in [0, 0.1) is 0 Å². The van der Waals surface area contributed by atoms with Gasteiger partial charge in [0.1, 0.15) is 12.2 Å². The quantitative estimate of drug-likeness (QED) is 0.761. The van der Waals surface area contributed by atoms with Gasteiger partial charge in [-0.1, -0.05) is 0 Å². The van der Waals surface area contributed by atoms with Crippen molar-refractivity contribution in [2.75, 3.05) is 13.1 Å². The topological polar surface area (TPSA) is 34.0 Å². The minimum Gasteiger partial charge on any atom is -0.296 e. The van der Waals surface area contributed by atoms with Crippen molar-refractivity contribution in [3.63, 3.8) is 0 Å². The summed E-state index contributed by atoms with van der Waals surface area (Å²) in [6.45, 7) is 7.28. The lowest BCUT2D eigenvalue weighted by Crippen LogP contribution is -2.34. The Labute approximate surface area is 102 Å². The number of hydrogen-bond donors (Lipinski definition) is 0. The van der Waals surface area contributed by atoms with Crippen LogP contribution >= 0.6 is 11.6 Å². The fourth-order valence-corrected chi connectivity index (χ4v) is 2.27. The van der Waals surface area contributed by atoms with Crippen molar-refractivity contribution in [1.82, 2.24) is 19.7 Å². The van der Waals surface area contributed by atoms with Gasteiger partial charge in [-0.2, -0.15) is 5.10 Å². The number of nitrogens with zero attached hydrogens (tertiary/aromatic N) is 4. The smallest absolute Gasteiger partial charge is 0.141 e. The Kier molecular flexibility index (Phi) is 3.82. The summed E-state index contributed by atoms with van der Waals surface area (Å²) in [6, 6.07) is 0.378. The molecule has 1 saturated heterocycles. The van der Waals surface area contributed by atoms with Gasteiger partial charge in [-0.3, -0.25) is 4.90 Å². The first kappa shape index (κ1) is 11.9. The van der Waals surface area contributed by atoms with Gasteiger partial charge < -0.3 is 0 Å². The summed E-state index contributed by atoms with van der Waals surface area (Å²) in [5.74, 6) is 1.06. The van der Waals surface area contributed by atoms with E-state index >= 15 is 0 Å². The molecule has 1 aromatic rings. The highest BCUT2D eigenvalue weighted by atomic mass is 35.5. The number of halogens is 1. The number of alkyl halides is 1. The summed E-state index contributed by atoms with van der Waals surface area (Å²) in [6.07, 6.45) is 3.80. The van der Waals surface area contributed by atoms with E-state index < -0.39 is 0 Å². The Balaban J connectivity index is 1.96. The summed E-state index contributed by atoms with van der Waals surface area (Å²) in [7, 11) is 0. The van der Waals surface area contributed by atoms with Crippen LogP contribution < -0.4 is 0 Å². The molecule has 16 heavy (non-hydrogen) atoms. The predicted molar refractivity (Wildman–Crippen MR) is 64.6 cm³/mol. The summed E-state index contributed by atoms with van der Waals surface area (Å²) in [4.78, 5) is 6.73. The van der Waals surface area contributed by atoms with Gasteiger partial charge in [0.25, 0.3) is 0 Å². The highest BCUT2D eigenvalue weighted by Crippen LogP contribution is 2.17. The summed E-state index contributed by atoms with van der Waals surface area (Å²) in [5, 5.41) is 4.61. The number of aromatic nitrogens is 3. The van der Waals surface area contributed by atoms with Crippen LogP contribution in [0.5, 0.6) is 0 Å². The normalized spacial score (nSPS) is 19.5. The molecule has 5 heteroatoms. The number of piperidine rings is 1. The van der Waals surface area contributed by atoms with Crippen LogP contribution in [0.25, 0.3) is 0 Å². The lowest BCUT2D eigenvalue weighted by molar-refractivity contribution is 0.213. The molecule has 90 valence electrons. The zero-order chi connectivity index (χ0) is 11.5. The fourth-order valence-electron chi connectivity index (χ4n) is 2.08. The summed E-state index contributed by atoms with van der Waals surface area (Å²) >= 11 is 6.09. The van der Waals surface area contributed by atoms with E-state index in [1.807, 2.05) is 4.68 Å². The van der Waals surface area contributed by atoms with E-state index in [4.69, 9.17) is 11.6 Å². The SMILES string of the molecule is CC(C)n1ncnc1CN1CCC(Cl)CC1. The molecule has 0 aromatic carbocycles. The molecular formula is C11H19ClN4. The standard InChI is InChI=1S/C11H19ClN4/c1-9(2)16-11(13-8-14-16)7-15-5-3-10(12)4-6-15/h8-10H,3-7H2,1-2H3. The van der Waals surface area contributed by atoms with Crippen LogP contribution in [0.2, 0.25) is 0 Å². The van der Waals surface area contributed by atoms with Crippen molar-refractivity contribution in [3.8, 4) is 0 Å². The maximum Gasteiger partial charge on any atom is 0.141 e. The molecule has 0 spiro atoms. The molecule has 0 N–H and O–H groups in total. The molecular weight excluding hydrogens is 224 g/mol. The molecule has 0 bridgehead atoms. The lowest BCUT2D eigenvalue weighted by Gasteiger charge is -2.28. The van der Waals surface area contributed by atoms with Crippen molar-refractivity contribution in [2.24, 2.45) is 0 Å². The molecule has 0 unspecified atom stereocenters. The molecule has 1 fully saturated rings. The van der Waals surface area contributed by atoms with Crippen molar-refractivity contribution < 1.29 is 0 Å². The maximum absolute atomic E-state index is 6.09. The van der Waals surface area contributed by atoms with Gasteiger partial charge in [0.05, 0.1) is 6.54 Å². The maximum atomic E-state index is 6.09. The third-order valence-corrected chi connectivity index (χ3v) is 3.45. The van der Waals surface area contributed by atoms with E-state index in [2.05, 4.69) is 28.8 Å². The van der Waals surface area contributed by atoms with E-state index in [0.717, 1.165) is 38.3 Å². The third kappa shape index (κ3) is 2.74. The molecule has 0 atom stereocenters. The number of likely N-dealkylation sites (tertiary alicyclic amines) is 1. The highest BCUT2D eigenvalue weighted by molar-refractivity contribution is 6.20. The first-order valence-corrected chi connectivity index (χ1v) is 6.35. The lowest BCUT2D eigenvalue weighted by atomic mass is 10.1. The van der Waals surface area contributed by atoms with Crippen molar-refractivity contribution in [2.45, 2.75) is 44.7 Å². The minimum absolute atomic E-state index is 0.360. The van der Waals surface area contributed by atoms with Crippen LogP contribution in [0.3, 0.4) is 0 Å². The predicted octanol–water partition coefficient (Wildman–Crippen LogP) is 2.06. The first-order valence-electron chi connectivity index (χ1n) is 5.91. The molecule has 0 saturated carbocycles. The molecule has 0 radical (unpaired) electrons. The Bertz CT molecular complexity index is 328. The van der Waals surface area contributed by atoms with Crippen molar-refractivity contribution in [1.29, 1.82) is 0 Å². The summed E-state index contributed by atoms with van der Waals surface area (Å²) in [5.41, 5.74) is 0. The minimum atomic E-state index is 0.360. The van der Waals surface area contributed by atoms with Gasteiger partial charge in [0.2, 0.25) is 0 Å². The Morgan fingerprint density at radius 1 is 1.44 bits per heavy atom. The van der Waals surface area contributed by atoms with Crippen LogP contribution in [-0.2, 0) is 6.54 Å². The van der Waals surface area contributed by atoms with Crippen LogP contribution in [-0.4, -0.2) is 38.1 Å². The van der Waals surface area contributed by atoms with Gasteiger partial charge >= 0.3 is 0 Å². The molecule has 4 nitrogen and oxygen atoms in total. The van der Waals surface area contributed by atoms with Gasteiger partial charge in [0.15, 0.2) is 0 Å². The van der Waals surface area contributed by atoms with Crippen molar-refractivity contribution in [3.05, 3.63) is 12.2 Å². The van der Waals surface area contributed by atoms with E-state index in [9.17, 15) is 0 Å². The molecule has 0 aliphatic carbocycles. The second-order valence-electron chi connectivity index (χ2n) is 4.67. The third-order valence-electron chi connectivity index (χ3n) is 3.02. The molecule has 2 rings (SSSR count). The van der Waals surface area contributed by atoms with E-state index in [1.165, 1.54) is 0 Å². The second kappa shape index (κ2) is 5.15. The average Bonchev–Trinajstić information content (AvgIpc) is 2.69. The van der Waals surface area contributed by atoms with Crippen molar-refractivity contribution >= 4 is 11.6 Å². The highest BCUT2D eigenvalue weighted by Gasteiger charge is 2.19. The van der Waals surface area contributed by atoms with Crippen LogP contribution in [0.1, 0.15) is 38.6 Å². The Morgan fingerprint density at radius 3 is 2.75 bits per heavy atom. The molecule has 2 heterocycles. The zero-order valence-electron chi connectivity index (χ0n) is 9.93.